The number of methoxy groups -OCH3 is 1. The Bertz CT molecular complexity index is 445. The first-order valence-corrected chi connectivity index (χ1v) is 5.10. The van der Waals surface area contributed by atoms with E-state index in [-0.39, 0.29) is 5.75 Å². The van der Waals surface area contributed by atoms with Gasteiger partial charge in [0.1, 0.15) is 17.6 Å². The fraction of sp³-hybridized carbons (Fsp3) is 0.455. The van der Waals surface area contributed by atoms with E-state index in [2.05, 4.69) is 4.74 Å². The first-order valence-electron chi connectivity index (χ1n) is 5.10. The van der Waals surface area contributed by atoms with Crippen molar-refractivity contribution < 1.29 is 31.1 Å². The van der Waals surface area contributed by atoms with Crippen LogP contribution in [-0.2, 0) is 0 Å². The number of benzene rings is 1. The molecule has 1 unspecified atom stereocenters. The normalized spacial score (nSPS) is 14.3. The van der Waals surface area contributed by atoms with E-state index in [1.165, 1.54) is 0 Å². The van der Waals surface area contributed by atoms with Crippen LogP contribution in [0.3, 0.4) is 0 Å². The van der Waals surface area contributed by atoms with Gasteiger partial charge in [0.25, 0.3) is 0 Å². The first kappa shape index (κ1) is 15.6. The van der Waals surface area contributed by atoms with Crippen LogP contribution >= 0.6 is 0 Å². The van der Waals surface area contributed by atoms with Crippen LogP contribution in [0.4, 0.5) is 26.3 Å². The Kier molecular flexibility index (Phi) is 4.34. The molecule has 0 aliphatic carbocycles. The highest BCUT2D eigenvalue weighted by Gasteiger charge is 2.62. The van der Waals surface area contributed by atoms with E-state index in [0.717, 1.165) is 26.3 Å². The second-order valence-corrected chi connectivity index (χ2v) is 3.73. The van der Waals surface area contributed by atoms with Crippen molar-refractivity contribution in [2.45, 2.75) is 18.1 Å². The maximum Gasteiger partial charge on any atom is 0.455 e. The number of hydrogen-bond donors (Lipinski definition) is 1. The fourth-order valence-electron chi connectivity index (χ4n) is 1.63. The molecule has 0 amide bonds. The fourth-order valence-corrected chi connectivity index (χ4v) is 1.63. The van der Waals surface area contributed by atoms with Crippen LogP contribution in [0.1, 0.15) is 11.6 Å². The van der Waals surface area contributed by atoms with Crippen molar-refractivity contribution in [3.05, 3.63) is 29.6 Å². The third kappa shape index (κ3) is 2.94. The van der Waals surface area contributed by atoms with Crippen LogP contribution in [0.25, 0.3) is 0 Å². The maximum atomic E-state index is 13.4. The van der Waals surface area contributed by atoms with Gasteiger partial charge in [0.2, 0.25) is 0 Å². The minimum Gasteiger partial charge on any atom is -0.496 e. The Morgan fingerprint density at radius 3 is 2.16 bits per heavy atom. The maximum absolute atomic E-state index is 13.4. The average Bonchev–Trinajstić information content (AvgIpc) is 2.28. The molecule has 1 N–H and O–H groups in total. The summed E-state index contributed by atoms with van der Waals surface area (Å²) in [6.07, 6.45) is -5.77. The average molecular weight is 287 g/mol. The molecule has 1 atom stereocenters. The summed E-state index contributed by atoms with van der Waals surface area (Å²) in [6.45, 7) is 0. The Morgan fingerprint density at radius 2 is 1.74 bits per heavy atom. The number of halogens is 6. The highest BCUT2D eigenvalue weighted by atomic mass is 19.4. The summed E-state index contributed by atoms with van der Waals surface area (Å²) in [5.74, 6) is -6.26. The van der Waals surface area contributed by atoms with Gasteiger partial charge < -0.3 is 10.1 Å². The van der Waals surface area contributed by atoms with Crippen molar-refractivity contribution in [2.75, 3.05) is 14.2 Å². The highest BCUT2D eigenvalue weighted by Crippen LogP contribution is 2.46. The van der Waals surface area contributed by atoms with E-state index >= 15 is 0 Å². The molecular weight excluding hydrogens is 276 g/mol. The molecule has 19 heavy (non-hydrogen) atoms. The predicted molar refractivity (Wildman–Crippen MR) is 55.8 cm³/mol. The van der Waals surface area contributed by atoms with E-state index in [0.29, 0.717) is 6.07 Å². The van der Waals surface area contributed by atoms with Gasteiger partial charge in [-0.25, -0.2) is 4.39 Å². The predicted octanol–water partition coefficient (Wildman–Crippen LogP) is 3.29. The molecule has 1 rings (SSSR count). The molecule has 108 valence electrons. The Morgan fingerprint density at radius 1 is 1.16 bits per heavy atom. The SMILES string of the molecule is CNC(c1cc(F)ccc1OC)C(F)(F)C(F)(F)F. The minimum atomic E-state index is -5.77. The second kappa shape index (κ2) is 5.28. The van der Waals surface area contributed by atoms with E-state index in [4.69, 9.17) is 0 Å². The van der Waals surface area contributed by atoms with E-state index in [1.807, 2.05) is 5.32 Å². The molecule has 0 bridgehead atoms. The van der Waals surface area contributed by atoms with Gasteiger partial charge in [-0.15, -0.1) is 0 Å². The van der Waals surface area contributed by atoms with Crippen molar-refractivity contribution >= 4 is 0 Å². The summed E-state index contributed by atoms with van der Waals surface area (Å²) in [5, 5.41) is 1.85. The lowest BCUT2D eigenvalue weighted by Gasteiger charge is -2.29. The van der Waals surface area contributed by atoms with Crippen molar-refractivity contribution in [1.29, 1.82) is 0 Å². The molecule has 0 heterocycles. The zero-order chi connectivity index (χ0) is 14.8. The number of alkyl halides is 5. The minimum absolute atomic E-state index is 0.260. The van der Waals surface area contributed by atoms with E-state index < -0.39 is 29.5 Å². The number of nitrogens with one attached hydrogen (secondary N) is 1. The molecule has 0 radical (unpaired) electrons. The summed E-state index contributed by atoms with van der Waals surface area (Å²) < 4.78 is 81.6. The van der Waals surface area contributed by atoms with Crippen molar-refractivity contribution in [1.82, 2.24) is 5.32 Å². The molecule has 2 nitrogen and oxygen atoms in total. The molecule has 8 heteroatoms. The van der Waals surface area contributed by atoms with Gasteiger partial charge in [-0.3, -0.25) is 0 Å². The topological polar surface area (TPSA) is 21.3 Å². The standard InChI is InChI=1S/C11H11F6NO/c1-18-9(10(13,14)11(15,16)17)7-5-6(12)3-4-8(7)19-2/h3-5,9,18H,1-2H3. The van der Waals surface area contributed by atoms with Crippen molar-refractivity contribution in [2.24, 2.45) is 0 Å². The molecule has 0 saturated carbocycles. The van der Waals surface area contributed by atoms with Crippen molar-refractivity contribution in [3.63, 3.8) is 0 Å². The molecule has 0 fully saturated rings. The molecule has 0 aromatic heterocycles. The van der Waals surface area contributed by atoms with Crippen LogP contribution in [0, 0.1) is 5.82 Å². The summed E-state index contributed by atoms with van der Waals surface area (Å²) >= 11 is 0. The summed E-state index contributed by atoms with van der Waals surface area (Å²) in [5.41, 5.74) is -0.604. The zero-order valence-electron chi connectivity index (χ0n) is 9.99. The lowest BCUT2D eigenvalue weighted by Crippen LogP contribution is -2.47. The van der Waals surface area contributed by atoms with E-state index in [1.54, 1.807) is 0 Å². The molecule has 0 aliphatic heterocycles. The van der Waals surface area contributed by atoms with Crippen molar-refractivity contribution in [3.8, 4) is 5.75 Å². The van der Waals surface area contributed by atoms with Gasteiger partial charge in [0.15, 0.2) is 0 Å². The smallest absolute Gasteiger partial charge is 0.455 e. The lowest BCUT2D eigenvalue weighted by atomic mass is 9.99. The summed E-state index contributed by atoms with van der Waals surface area (Å²) in [4.78, 5) is 0. The van der Waals surface area contributed by atoms with Gasteiger partial charge in [0.05, 0.1) is 7.11 Å². The molecule has 0 saturated heterocycles. The third-order valence-corrected chi connectivity index (χ3v) is 2.53. The zero-order valence-corrected chi connectivity index (χ0v) is 9.99. The third-order valence-electron chi connectivity index (χ3n) is 2.53. The van der Waals surface area contributed by atoms with Gasteiger partial charge in [-0.2, -0.15) is 22.0 Å². The number of hydrogen-bond acceptors (Lipinski definition) is 2. The molecule has 1 aromatic rings. The second-order valence-electron chi connectivity index (χ2n) is 3.73. The Labute approximate surface area is 105 Å². The lowest BCUT2D eigenvalue weighted by molar-refractivity contribution is -0.294. The largest absolute Gasteiger partial charge is 0.496 e. The van der Waals surface area contributed by atoms with Crippen LogP contribution in [0.5, 0.6) is 5.75 Å². The molecule has 0 aliphatic rings. The van der Waals surface area contributed by atoms with Crippen LogP contribution < -0.4 is 10.1 Å². The number of ether oxygens (including phenoxy) is 1. The number of rotatable bonds is 4. The van der Waals surface area contributed by atoms with Gasteiger partial charge in [-0.05, 0) is 25.2 Å². The van der Waals surface area contributed by atoms with Crippen LogP contribution in [0.15, 0.2) is 18.2 Å². The first-order chi connectivity index (χ1) is 8.65. The quantitative estimate of drug-likeness (QED) is 0.858. The monoisotopic (exact) mass is 287 g/mol. The Balaban J connectivity index is 3.35. The van der Waals surface area contributed by atoms with Gasteiger partial charge in [0, 0.05) is 5.56 Å². The van der Waals surface area contributed by atoms with Gasteiger partial charge >= 0.3 is 12.1 Å². The van der Waals surface area contributed by atoms with Gasteiger partial charge in [-0.1, -0.05) is 0 Å². The summed E-state index contributed by atoms with van der Waals surface area (Å²) in [6, 6.07) is 0.0279. The summed E-state index contributed by atoms with van der Waals surface area (Å²) in [7, 11) is 2.02. The molecular formula is C11H11F6NO. The van der Waals surface area contributed by atoms with E-state index in [9.17, 15) is 26.3 Å². The molecule has 0 spiro atoms. The molecule has 1 aromatic carbocycles. The van der Waals surface area contributed by atoms with Crippen LogP contribution in [-0.4, -0.2) is 26.3 Å². The highest BCUT2D eigenvalue weighted by molar-refractivity contribution is 5.38. The van der Waals surface area contributed by atoms with Crippen LogP contribution in [0.2, 0.25) is 0 Å². The Hall–Kier alpha value is -1.44.